The van der Waals surface area contributed by atoms with Crippen LogP contribution in [0.25, 0.3) is 22.3 Å². The van der Waals surface area contributed by atoms with E-state index >= 15 is 0 Å². The van der Waals surface area contributed by atoms with Crippen LogP contribution in [0.15, 0.2) is 91.3 Å². The molecule has 1 aliphatic rings. The zero-order valence-electron chi connectivity index (χ0n) is 32.7. The molecule has 0 bridgehead atoms. The number of aliphatic hydroxyl groups excluding tert-OH is 2. The smallest absolute Gasteiger partial charge is 0.337 e. The van der Waals surface area contributed by atoms with Crippen LogP contribution in [0, 0.1) is 13.8 Å². The highest BCUT2D eigenvalue weighted by molar-refractivity contribution is 6.32. The molecule has 1 unspecified atom stereocenters. The molecule has 4 aromatic carbocycles. The lowest BCUT2D eigenvalue weighted by atomic mass is 9.89. The van der Waals surface area contributed by atoms with Gasteiger partial charge in [-0.1, -0.05) is 60.1 Å². The normalized spacial score (nSPS) is 15.2. The van der Waals surface area contributed by atoms with Crippen LogP contribution < -0.4 is 19.5 Å². The van der Waals surface area contributed by atoms with Gasteiger partial charge in [-0.05, 0) is 90.4 Å². The monoisotopic (exact) mass is 809 g/mol. The predicted molar refractivity (Wildman–Crippen MR) is 221 cm³/mol. The number of aliphatic carboxylic acids is 1. The van der Waals surface area contributed by atoms with Crippen LogP contribution in [-0.2, 0) is 24.6 Å². The minimum absolute atomic E-state index is 0.00864. The van der Waals surface area contributed by atoms with Crippen LogP contribution in [0.5, 0.6) is 17.2 Å². The second-order valence-electron chi connectivity index (χ2n) is 14.7. The number of aliphatic hydroxyl groups is 2. The van der Waals surface area contributed by atoms with Crippen LogP contribution in [0.2, 0.25) is 5.02 Å². The van der Waals surface area contributed by atoms with Gasteiger partial charge in [-0.2, -0.15) is 0 Å². The van der Waals surface area contributed by atoms with Crippen molar-refractivity contribution in [1.29, 1.82) is 0 Å². The first-order valence-electron chi connectivity index (χ1n) is 19.0. The number of benzene rings is 4. The number of pyridine rings is 1. The fourth-order valence-electron chi connectivity index (χ4n) is 6.86. The SMILES string of the molecule is Cc1c(COc2cc(OCc3cncc(C(=O)O)c3)c(CNC(C)(CO)C(=O)O)cc2Cl)cccc1-c1cccc(-c2ccc(OCCN3CC[C@@H](O)C3)cc2)c1C. The number of ether oxygens (including phenoxy) is 3. The molecule has 304 valence electrons. The van der Waals surface area contributed by atoms with Crippen molar-refractivity contribution < 1.29 is 44.2 Å². The quantitative estimate of drug-likeness (QED) is 0.0621. The molecule has 1 saturated heterocycles. The Hall–Kier alpha value is -5.50. The first-order valence-corrected chi connectivity index (χ1v) is 19.4. The van der Waals surface area contributed by atoms with Gasteiger partial charge in [-0.15, -0.1) is 0 Å². The second kappa shape index (κ2) is 18.8. The van der Waals surface area contributed by atoms with Gasteiger partial charge in [0.2, 0.25) is 0 Å². The molecule has 1 fully saturated rings. The fraction of sp³-hybridized carbons (Fsp3) is 0.311. The molecule has 0 amide bonds. The van der Waals surface area contributed by atoms with Crippen molar-refractivity contribution in [1.82, 2.24) is 15.2 Å². The van der Waals surface area contributed by atoms with E-state index in [9.17, 15) is 30.0 Å². The molecule has 6 rings (SSSR count). The molecule has 0 saturated carbocycles. The number of rotatable bonds is 18. The van der Waals surface area contributed by atoms with E-state index in [4.69, 9.17) is 25.8 Å². The van der Waals surface area contributed by atoms with E-state index in [0.717, 1.165) is 64.2 Å². The summed E-state index contributed by atoms with van der Waals surface area (Å²) in [6, 6.07) is 25.2. The Bertz CT molecular complexity index is 2250. The van der Waals surface area contributed by atoms with Crippen molar-refractivity contribution in [2.45, 2.75) is 58.6 Å². The van der Waals surface area contributed by atoms with E-state index in [1.54, 1.807) is 12.1 Å². The zero-order chi connectivity index (χ0) is 41.4. The van der Waals surface area contributed by atoms with Crippen LogP contribution in [0.3, 0.4) is 0 Å². The largest absolute Gasteiger partial charge is 0.492 e. The average Bonchev–Trinajstić information content (AvgIpc) is 3.64. The second-order valence-corrected chi connectivity index (χ2v) is 15.1. The number of aromatic carboxylic acids is 1. The lowest BCUT2D eigenvalue weighted by Crippen LogP contribution is -2.52. The van der Waals surface area contributed by atoms with Crippen LogP contribution >= 0.6 is 11.6 Å². The number of nitrogens with zero attached hydrogens (tertiary/aromatic N) is 2. The number of hydrogen-bond donors (Lipinski definition) is 5. The lowest BCUT2D eigenvalue weighted by Gasteiger charge is -2.25. The number of aromatic nitrogens is 1. The molecular formula is C45H48ClN3O9. The third kappa shape index (κ3) is 10.1. The van der Waals surface area contributed by atoms with E-state index in [-0.39, 0.29) is 36.4 Å². The number of hydrogen-bond acceptors (Lipinski definition) is 10. The minimum atomic E-state index is -1.63. The van der Waals surface area contributed by atoms with E-state index < -0.39 is 24.1 Å². The predicted octanol–water partition coefficient (Wildman–Crippen LogP) is 6.91. The van der Waals surface area contributed by atoms with Crippen molar-refractivity contribution >= 4 is 23.5 Å². The minimum Gasteiger partial charge on any atom is -0.492 e. The van der Waals surface area contributed by atoms with Crippen LogP contribution in [-0.4, -0.2) is 86.7 Å². The molecule has 58 heavy (non-hydrogen) atoms. The standard InChI is InChI=1S/C45H48ClN3O9/c1-28-32(6-4-8-38(28)39-9-5-7-37(29(39)2)31-10-12-36(13-11-31)56-17-16-49-15-14-35(51)24-49)26-58-42-20-41(57-25-30-18-34(43(52)53)22-47-21-30)33(19-40(42)46)23-48-45(3,27-50)44(54)55/h4-13,18-22,35,48,50-51H,14-17,23-27H2,1-3H3,(H,52,53)(H,54,55)/t35-,45?/m1/s1. The molecule has 2 atom stereocenters. The van der Waals surface area contributed by atoms with Gasteiger partial charge >= 0.3 is 11.9 Å². The Balaban J connectivity index is 1.19. The van der Waals surface area contributed by atoms with Crippen molar-refractivity contribution in [2.75, 3.05) is 32.8 Å². The number of carboxylic acid groups (broad SMARTS) is 2. The van der Waals surface area contributed by atoms with Gasteiger partial charge in [0.15, 0.2) is 0 Å². The molecule has 2 heterocycles. The van der Waals surface area contributed by atoms with Crippen LogP contribution in [0.1, 0.15) is 51.5 Å². The number of carbonyl (C=O) groups is 2. The van der Waals surface area contributed by atoms with E-state index in [1.165, 1.54) is 25.4 Å². The molecule has 5 aromatic rings. The summed E-state index contributed by atoms with van der Waals surface area (Å²) in [4.78, 5) is 29.6. The zero-order valence-corrected chi connectivity index (χ0v) is 33.5. The average molecular weight is 810 g/mol. The molecule has 0 radical (unpaired) electrons. The maximum absolute atomic E-state index is 11.9. The van der Waals surface area contributed by atoms with Gasteiger partial charge in [-0.25, -0.2) is 4.79 Å². The fourth-order valence-corrected chi connectivity index (χ4v) is 7.10. The Morgan fingerprint density at radius 3 is 2.28 bits per heavy atom. The van der Waals surface area contributed by atoms with E-state index in [1.807, 2.05) is 24.3 Å². The van der Waals surface area contributed by atoms with Gasteiger partial charge < -0.3 is 34.6 Å². The Labute approximate surface area is 342 Å². The first-order chi connectivity index (χ1) is 27.8. The molecule has 5 N–H and O–H groups in total. The molecule has 13 heteroatoms. The van der Waals surface area contributed by atoms with Gasteiger partial charge in [0, 0.05) is 55.8 Å². The molecular weight excluding hydrogens is 762 g/mol. The summed E-state index contributed by atoms with van der Waals surface area (Å²) in [6.45, 7) is 7.94. The Morgan fingerprint density at radius 2 is 1.59 bits per heavy atom. The maximum Gasteiger partial charge on any atom is 0.337 e. The van der Waals surface area contributed by atoms with E-state index in [0.29, 0.717) is 35.8 Å². The summed E-state index contributed by atoms with van der Waals surface area (Å²) in [5.41, 5.74) is 6.82. The van der Waals surface area contributed by atoms with Gasteiger partial charge in [0.05, 0.1) is 23.3 Å². The maximum atomic E-state index is 11.9. The Kier molecular flexibility index (Phi) is 13.7. The van der Waals surface area contributed by atoms with Crippen molar-refractivity contribution in [3.8, 4) is 39.5 Å². The Morgan fingerprint density at radius 1 is 0.879 bits per heavy atom. The first kappa shape index (κ1) is 42.1. The lowest BCUT2D eigenvalue weighted by molar-refractivity contribution is -0.145. The topological polar surface area (TPSA) is 171 Å². The number of likely N-dealkylation sites (tertiary alicyclic amines) is 1. The van der Waals surface area contributed by atoms with Crippen molar-refractivity contribution in [3.05, 3.63) is 130 Å². The number of β-amino-alcohol motifs (C(OH)–C–C–N with tert-alkyl or cyclic N) is 1. The number of nitrogens with one attached hydrogen (secondary N) is 1. The third-order valence-corrected chi connectivity index (χ3v) is 10.8. The summed E-state index contributed by atoms with van der Waals surface area (Å²) in [6.07, 6.45) is 3.31. The van der Waals surface area contributed by atoms with Crippen molar-refractivity contribution in [2.24, 2.45) is 0 Å². The van der Waals surface area contributed by atoms with Gasteiger partial charge in [0.25, 0.3) is 0 Å². The summed E-state index contributed by atoms with van der Waals surface area (Å²) >= 11 is 6.75. The molecule has 1 aromatic heterocycles. The highest BCUT2D eigenvalue weighted by Crippen LogP contribution is 2.37. The molecule has 0 aliphatic carbocycles. The third-order valence-electron chi connectivity index (χ3n) is 10.6. The van der Waals surface area contributed by atoms with Crippen molar-refractivity contribution in [3.63, 3.8) is 0 Å². The number of halogens is 1. The van der Waals surface area contributed by atoms with Crippen LogP contribution in [0.4, 0.5) is 0 Å². The van der Waals surface area contributed by atoms with E-state index in [2.05, 4.69) is 65.4 Å². The molecule has 0 spiro atoms. The molecule has 12 nitrogen and oxygen atoms in total. The summed E-state index contributed by atoms with van der Waals surface area (Å²) in [5, 5.41) is 41.8. The summed E-state index contributed by atoms with van der Waals surface area (Å²) < 4.78 is 18.4. The summed E-state index contributed by atoms with van der Waals surface area (Å²) in [5.74, 6) is -0.906. The number of carboxylic acids is 2. The van der Waals surface area contributed by atoms with Gasteiger partial charge in [-0.3, -0.25) is 20.0 Å². The summed E-state index contributed by atoms with van der Waals surface area (Å²) in [7, 11) is 0. The highest BCUT2D eigenvalue weighted by atomic mass is 35.5. The highest BCUT2D eigenvalue weighted by Gasteiger charge is 2.32. The van der Waals surface area contributed by atoms with Gasteiger partial charge in [0.1, 0.15) is 42.6 Å². The molecule has 1 aliphatic heterocycles.